The van der Waals surface area contributed by atoms with Crippen LogP contribution in [0.3, 0.4) is 0 Å². The number of para-hydroxylation sites is 1. The predicted molar refractivity (Wildman–Crippen MR) is 116 cm³/mol. The number of benzene rings is 2. The number of nitrogens with zero attached hydrogens (tertiary/aromatic N) is 1. The maximum absolute atomic E-state index is 13.3. The lowest BCUT2D eigenvalue weighted by Gasteiger charge is -2.31. The number of urea groups is 1. The van der Waals surface area contributed by atoms with Gasteiger partial charge in [0.1, 0.15) is 5.75 Å². The van der Waals surface area contributed by atoms with Crippen molar-refractivity contribution in [3.63, 3.8) is 0 Å². The molecule has 3 rings (SSSR count). The molecule has 150 valence electrons. The molecule has 4 nitrogen and oxygen atoms in total. The van der Waals surface area contributed by atoms with Crippen molar-refractivity contribution in [3.8, 4) is 5.75 Å². The molecule has 1 fully saturated rings. The number of ether oxygens (including phenoxy) is 1. The summed E-state index contributed by atoms with van der Waals surface area (Å²) in [5.74, 6) is 1.13. The number of hydrogen-bond acceptors (Lipinski definition) is 2. The second kappa shape index (κ2) is 7.32. The third-order valence-electron chi connectivity index (χ3n) is 6.71. The molecule has 5 heteroatoms. The van der Waals surface area contributed by atoms with Crippen LogP contribution in [0.2, 0.25) is 5.02 Å². The van der Waals surface area contributed by atoms with Gasteiger partial charge in [-0.1, -0.05) is 51.4 Å². The Kier molecular flexibility index (Phi) is 5.37. The minimum Gasteiger partial charge on any atom is -0.497 e. The summed E-state index contributed by atoms with van der Waals surface area (Å²) in [5, 5.41) is 3.50. The van der Waals surface area contributed by atoms with E-state index in [1.807, 2.05) is 47.4 Å². The standard InChI is InChI=1S/C23H29ClN2O2/c1-15(20-22(2,3)23(20,4)5)26(16-11-13-17(28-6)14-12-16)21(27)25-19-10-8-7-9-18(19)24/h7-15,20H,1-6H3,(H,25,27). The molecular weight excluding hydrogens is 372 g/mol. The van der Waals surface area contributed by atoms with Gasteiger partial charge in [-0.25, -0.2) is 4.79 Å². The van der Waals surface area contributed by atoms with Crippen LogP contribution in [-0.4, -0.2) is 19.2 Å². The molecule has 1 unspecified atom stereocenters. The first kappa shape index (κ1) is 20.5. The largest absolute Gasteiger partial charge is 0.497 e. The molecule has 0 aromatic heterocycles. The van der Waals surface area contributed by atoms with Gasteiger partial charge in [-0.15, -0.1) is 0 Å². The number of halogens is 1. The molecule has 1 saturated carbocycles. The number of anilines is 2. The van der Waals surface area contributed by atoms with Crippen molar-refractivity contribution < 1.29 is 9.53 Å². The van der Waals surface area contributed by atoms with Gasteiger partial charge in [-0.3, -0.25) is 4.90 Å². The number of methoxy groups -OCH3 is 1. The third-order valence-corrected chi connectivity index (χ3v) is 7.04. The van der Waals surface area contributed by atoms with Crippen LogP contribution in [0.25, 0.3) is 0 Å². The zero-order chi connectivity index (χ0) is 20.7. The highest BCUT2D eigenvalue weighted by Gasteiger charge is 2.67. The zero-order valence-electron chi connectivity index (χ0n) is 17.4. The highest BCUT2D eigenvalue weighted by Crippen LogP contribution is 2.70. The molecule has 2 aromatic rings. The van der Waals surface area contributed by atoms with E-state index in [0.717, 1.165) is 11.4 Å². The molecule has 0 spiro atoms. The second-order valence-electron chi connectivity index (χ2n) is 8.64. The summed E-state index contributed by atoms with van der Waals surface area (Å²) in [5.41, 5.74) is 1.74. The molecule has 2 aromatic carbocycles. The van der Waals surface area contributed by atoms with Crippen molar-refractivity contribution in [3.05, 3.63) is 53.6 Å². The van der Waals surface area contributed by atoms with Gasteiger partial charge in [-0.05, 0) is 60.1 Å². The summed E-state index contributed by atoms with van der Waals surface area (Å²) in [6, 6.07) is 14.7. The van der Waals surface area contributed by atoms with E-state index < -0.39 is 0 Å². The Hall–Kier alpha value is -2.20. The van der Waals surface area contributed by atoms with E-state index >= 15 is 0 Å². The zero-order valence-corrected chi connectivity index (χ0v) is 18.2. The van der Waals surface area contributed by atoms with E-state index in [1.165, 1.54) is 0 Å². The monoisotopic (exact) mass is 400 g/mol. The maximum atomic E-state index is 13.3. The minimum atomic E-state index is -0.190. The Morgan fingerprint density at radius 3 is 2.14 bits per heavy atom. The number of hydrogen-bond donors (Lipinski definition) is 1. The quantitative estimate of drug-likeness (QED) is 0.625. The predicted octanol–water partition coefficient (Wildman–Crippen LogP) is 6.46. The summed E-state index contributed by atoms with van der Waals surface area (Å²) in [6.45, 7) is 11.2. The first-order valence-electron chi connectivity index (χ1n) is 9.60. The molecule has 0 bridgehead atoms. The van der Waals surface area contributed by atoms with Crippen molar-refractivity contribution in [2.24, 2.45) is 16.7 Å². The molecular formula is C23H29ClN2O2. The molecule has 28 heavy (non-hydrogen) atoms. The molecule has 1 atom stereocenters. The van der Waals surface area contributed by atoms with Crippen molar-refractivity contribution >= 4 is 29.0 Å². The number of nitrogens with one attached hydrogen (secondary N) is 1. The van der Waals surface area contributed by atoms with Gasteiger partial charge in [-0.2, -0.15) is 0 Å². The van der Waals surface area contributed by atoms with Crippen molar-refractivity contribution in [2.45, 2.75) is 40.7 Å². The smallest absolute Gasteiger partial charge is 0.326 e. The number of carbonyl (C=O) groups is 1. The van der Waals surface area contributed by atoms with Gasteiger partial charge in [0.05, 0.1) is 17.8 Å². The summed E-state index contributed by atoms with van der Waals surface area (Å²) >= 11 is 6.25. The van der Waals surface area contributed by atoms with E-state index in [0.29, 0.717) is 16.6 Å². The van der Waals surface area contributed by atoms with Gasteiger partial charge in [0, 0.05) is 11.7 Å². The van der Waals surface area contributed by atoms with Gasteiger partial charge >= 0.3 is 6.03 Å². The summed E-state index contributed by atoms with van der Waals surface area (Å²) in [4.78, 5) is 15.2. The molecule has 1 N–H and O–H groups in total. The van der Waals surface area contributed by atoms with Crippen molar-refractivity contribution in [1.82, 2.24) is 0 Å². The van der Waals surface area contributed by atoms with E-state index in [1.54, 1.807) is 13.2 Å². The van der Waals surface area contributed by atoms with Crippen LogP contribution in [0.5, 0.6) is 5.75 Å². The molecule has 1 aliphatic carbocycles. The maximum Gasteiger partial charge on any atom is 0.326 e. The summed E-state index contributed by atoms with van der Waals surface area (Å²) in [6.07, 6.45) is 0. The fourth-order valence-electron chi connectivity index (χ4n) is 4.62. The topological polar surface area (TPSA) is 41.6 Å². The highest BCUT2D eigenvalue weighted by molar-refractivity contribution is 6.33. The van der Waals surface area contributed by atoms with Crippen LogP contribution in [0.15, 0.2) is 48.5 Å². The Balaban J connectivity index is 1.94. The van der Waals surface area contributed by atoms with E-state index in [-0.39, 0.29) is 22.9 Å². The Labute approximate surface area is 172 Å². The minimum absolute atomic E-state index is 0.0147. The van der Waals surface area contributed by atoms with Gasteiger partial charge < -0.3 is 10.1 Å². The van der Waals surface area contributed by atoms with E-state index in [9.17, 15) is 4.79 Å². The fraction of sp³-hybridized carbons (Fsp3) is 0.435. The van der Waals surface area contributed by atoms with Crippen molar-refractivity contribution in [2.75, 3.05) is 17.3 Å². The fourth-order valence-corrected chi connectivity index (χ4v) is 4.80. The van der Waals surface area contributed by atoms with Crippen LogP contribution >= 0.6 is 11.6 Å². The summed E-state index contributed by atoms with van der Waals surface area (Å²) in [7, 11) is 1.63. The van der Waals surface area contributed by atoms with Crippen LogP contribution in [0, 0.1) is 16.7 Å². The first-order valence-corrected chi connectivity index (χ1v) is 9.98. The highest BCUT2D eigenvalue weighted by atomic mass is 35.5. The van der Waals surface area contributed by atoms with E-state index in [2.05, 4.69) is 39.9 Å². The number of carbonyl (C=O) groups excluding carboxylic acids is 1. The van der Waals surface area contributed by atoms with Crippen LogP contribution in [-0.2, 0) is 0 Å². The average Bonchev–Trinajstić information content (AvgIpc) is 3.06. The number of amides is 2. The molecule has 0 heterocycles. The Morgan fingerprint density at radius 1 is 1.07 bits per heavy atom. The normalized spacial score (nSPS) is 18.2. The van der Waals surface area contributed by atoms with Gasteiger partial charge in [0.15, 0.2) is 0 Å². The lowest BCUT2D eigenvalue weighted by molar-refractivity contribution is 0.253. The van der Waals surface area contributed by atoms with E-state index in [4.69, 9.17) is 16.3 Å². The van der Waals surface area contributed by atoms with Gasteiger partial charge in [0.25, 0.3) is 0 Å². The number of rotatable bonds is 5. The molecule has 0 saturated heterocycles. The van der Waals surface area contributed by atoms with Crippen LogP contribution < -0.4 is 15.0 Å². The van der Waals surface area contributed by atoms with Crippen LogP contribution in [0.4, 0.5) is 16.2 Å². The van der Waals surface area contributed by atoms with Crippen molar-refractivity contribution in [1.29, 1.82) is 0 Å². The Bertz CT molecular complexity index is 847. The SMILES string of the molecule is COc1ccc(N(C(=O)Nc2ccccc2Cl)C(C)C2C(C)(C)C2(C)C)cc1. The molecule has 0 aliphatic heterocycles. The third kappa shape index (κ3) is 3.46. The molecule has 1 aliphatic rings. The second-order valence-corrected chi connectivity index (χ2v) is 9.05. The Morgan fingerprint density at radius 2 is 1.64 bits per heavy atom. The lowest BCUT2D eigenvalue weighted by Crippen LogP contribution is -2.44. The molecule has 2 amide bonds. The molecule has 0 radical (unpaired) electrons. The van der Waals surface area contributed by atoms with Gasteiger partial charge in [0.2, 0.25) is 0 Å². The lowest BCUT2D eigenvalue weighted by atomic mass is 10.0. The average molecular weight is 401 g/mol. The first-order chi connectivity index (χ1) is 13.1. The van der Waals surface area contributed by atoms with Crippen LogP contribution in [0.1, 0.15) is 34.6 Å². The summed E-state index contributed by atoms with van der Waals surface area (Å²) < 4.78 is 5.27.